The van der Waals surface area contributed by atoms with Gasteiger partial charge in [-0.3, -0.25) is 19.3 Å². The van der Waals surface area contributed by atoms with E-state index < -0.39 is 0 Å². The molecule has 3 saturated heterocycles. The van der Waals surface area contributed by atoms with Gasteiger partial charge in [0.1, 0.15) is 18.3 Å². The van der Waals surface area contributed by atoms with Gasteiger partial charge in [0.25, 0.3) is 5.91 Å². The summed E-state index contributed by atoms with van der Waals surface area (Å²) < 4.78 is 1.75. The largest absolute Gasteiger partial charge is 0.338 e. The molecule has 27 heavy (non-hydrogen) atoms. The molecule has 2 amide bonds. The zero-order chi connectivity index (χ0) is 18.6. The van der Waals surface area contributed by atoms with E-state index in [-0.39, 0.29) is 17.9 Å². The molecule has 2 bridgehead atoms. The van der Waals surface area contributed by atoms with Gasteiger partial charge in [-0.2, -0.15) is 5.10 Å². The quantitative estimate of drug-likeness (QED) is 0.792. The molecular formula is C19H24N6O2. The Morgan fingerprint density at radius 2 is 2.07 bits per heavy atom. The Morgan fingerprint density at radius 1 is 1.15 bits per heavy atom. The fourth-order valence-corrected chi connectivity index (χ4v) is 4.09. The average Bonchev–Trinajstić information content (AvgIpc) is 3.05. The summed E-state index contributed by atoms with van der Waals surface area (Å²) >= 11 is 0. The molecule has 5 rings (SSSR count). The van der Waals surface area contributed by atoms with Crippen LogP contribution < -0.4 is 0 Å². The van der Waals surface area contributed by atoms with Crippen LogP contribution in [-0.2, 0) is 11.3 Å². The molecule has 0 aromatic carbocycles. The summed E-state index contributed by atoms with van der Waals surface area (Å²) in [5.74, 6) is 0.487. The smallest absolute Gasteiger partial charge is 0.272 e. The van der Waals surface area contributed by atoms with E-state index in [4.69, 9.17) is 0 Å². The first kappa shape index (κ1) is 17.6. The van der Waals surface area contributed by atoms with Crippen LogP contribution in [0.2, 0.25) is 0 Å². The fraction of sp³-hybridized carbons (Fsp3) is 0.526. The second kappa shape index (κ2) is 7.85. The second-order valence-electron chi connectivity index (χ2n) is 7.33. The summed E-state index contributed by atoms with van der Waals surface area (Å²) in [5, 5.41) is 4.07. The van der Waals surface area contributed by atoms with Gasteiger partial charge in [0, 0.05) is 44.8 Å². The van der Waals surface area contributed by atoms with Gasteiger partial charge in [0.2, 0.25) is 5.91 Å². The highest BCUT2D eigenvalue weighted by atomic mass is 16.2. The van der Waals surface area contributed by atoms with Gasteiger partial charge in [-0.25, -0.2) is 4.98 Å². The number of rotatable bonds is 5. The van der Waals surface area contributed by atoms with Crippen molar-refractivity contribution in [2.24, 2.45) is 5.92 Å². The molecule has 2 aromatic heterocycles. The number of aromatic nitrogens is 4. The zero-order valence-corrected chi connectivity index (χ0v) is 15.3. The minimum Gasteiger partial charge on any atom is -0.338 e. The molecule has 3 fully saturated rings. The molecule has 0 unspecified atom stereocenters. The van der Waals surface area contributed by atoms with Crippen LogP contribution in [0.1, 0.15) is 36.2 Å². The van der Waals surface area contributed by atoms with Crippen molar-refractivity contribution in [3.05, 3.63) is 42.7 Å². The third-order valence-corrected chi connectivity index (χ3v) is 5.45. The summed E-state index contributed by atoms with van der Waals surface area (Å²) in [7, 11) is 0. The lowest BCUT2D eigenvalue weighted by molar-refractivity contribution is -0.135. The molecule has 2 atom stereocenters. The number of pyridine rings is 1. The minimum atomic E-state index is -0.0343. The van der Waals surface area contributed by atoms with E-state index in [1.165, 1.54) is 6.33 Å². The predicted octanol–water partition coefficient (Wildman–Crippen LogP) is 1.22. The second-order valence-corrected chi connectivity index (χ2v) is 7.33. The van der Waals surface area contributed by atoms with E-state index in [9.17, 15) is 9.59 Å². The number of fused-ring (bicyclic) bond motifs is 4. The first-order valence-corrected chi connectivity index (χ1v) is 9.53. The number of aryl methyl sites for hydroxylation is 1. The Hall–Kier alpha value is -2.77. The molecular weight excluding hydrogens is 344 g/mol. The lowest BCUT2D eigenvalue weighted by Crippen LogP contribution is -2.47. The third kappa shape index (κ3) is 3.99. The highest BCUT2D eigenvalue weighted by Gasteiger charge is 2.38. The van der Waals surface area contributed by atoms with Crippen molar-refractivity contribution < 1.29 is 9.59 Å². The third-order valence-electron chi connectivity index (χ3n) is 5.45. The maximum absolute atomic E-state index is 12.8. The maximum atomic E-state index is 12.8. The molecule has 0 N–H and O–H groups in total. The van der Waals surface area contributed by atoms with Crippen LogP contribution in [0.3, 0.4) is 0 Å². The van der Waals surface area contributed by atoms with E-state index >= 15 is 0 Å². The summed E-state index contributed by atoms with van der Waals surface area (Å²) in [5.41, 5.74) is 0.476. The first-order valence-electron chi connectivity index (χ1n) is 9.53. The summed E-state index contributed by atoms with van der Waals surface area (Å²) in [6, 6.07) is 5.50. The Morgan fingerprint density at radius 3 is 2.85 bits per heavy atom. The summed E-state index contributed by atoms with van der Waals surface area (Å²) in [6.07, 6.45) is 8.08. The highest BCUT2D eigenvalue weighted by molar-refractivity contribution is 5.92. The van der Waals surface area contributed by atoms with E-state index in [2.05, 4.69) is 15.1 Å². The molecule has 3 aliphatic heterocycles. The highest BCUT2D eigenvalue weighted by Crippen LogP contribution is 2.29. The molecule has 5 heterocycles. The van der Waals surface area contributed by atoms with Gasteiger partial charge >= 0.3 is 0 Å². The predicted molar refractivity (Wildman–Crippen MR) is 97.6 cm³/mol. The Balaban J connectivity index is 1.37. The van der Waals surface area contributed by atoms with E-state index in [0.29, 0.717) is 37.7 Å². The van der Waals surface area contributed by atoms with Crippen LogP contribution in [0, 0.1) is 5.92 Å². The van der Waals surface area contributed by atoms with E-state index in [1.54, 1.807) is 23.3 Å². The Bertz CT molecular complexity index is 779. The van der Waals surface area contributed by atoms with E-state index in [0.717, 1.165) is 25.8 Å². The Labute approximate surface area is 158 Å². The molecule has 0 radical (unpaired) electrons. The molecule has 3 aliphatic rings. The number of carbonyl (C=O) groups excluding carboxylic acids is 2. The lowest BCUT2D eigenvalue weighted by Gasteiger charge is -2.36. The van der Waals surface area contributed by atoms with Crippen molar-refractivity contribution in [1.82, 2.24) is 29.5 Å². The van der Waals surface area contributed by atoms with Crippen molar-refractivity contribution >= 4 is 11.8 Å². The van der Waals surface area contributed by atoms with Crippen LogP contribution in [0.15, 0.2) is 37.1 Å². The van der Waals surface area contributed by atoms with Crippen LogP contribution in [0.25, 0.3) is 0 Å². The number of amides is 2. The van der Waals surface area contributed by atoms with Gasteiger partial charge in [-0.15, -0.1) is 0 Å². The number of nitrogens with zero attached hydrogens (tertiary/aromatic N) is 6. The van der Waals surface area contributed by atoms with Crippen molar-refractivity contribution in [3.63, 3.8) is 0 Å². The molecule has 8 nitrogen and oxygen atoms in total. The van der Waals surface area contributed by atoms with Crippen LogP contribution in [0.4, 0.5) is 0 Å². The van der Waals surface area contributed by atoms with Crippen molar-refractivity contribution in [2.75, 3.05) is 19.6 Å². The SMILES string of the molecule is O=C(c1ccccn1)N1C[C@H]2CC[C@@H](C1)N(C(=O)CCCn1cncn1)C2. The van der Waals surface area contributed by atoms with Gasteiger partial charge < -0.3 is 9.80 Å². The monoisotopic (exact) mass is 368 g/mol. The van der Waals surface area contributed by atoms with Crippen LogP contribution >= 0.6 is 0 Å². The number of carbonyl (C=O) groups is 2. The lowest BCUT2D eigenvalue weighted by atomic mass is 9.94. The van der Waals surface area contributed by atoms with E-state index in [1.807, 2.05) is 21.9 Å². The summed E-state index contributed by atoms with van der Waals surface area (Å²) in [4.78, 5) is 37.6. The van der Waals surface area contributed by atoms with Gasteiger partial charge in [0.05, 0.1) is 0 Å². The van der Waals surface area contributed by atoms with Crippen LogP contribution in [0.5, 0.6) is 0 Å². The van der Waals surface area contributed by atoms with Crippen LogP contribution in [-0.4, -0.2) is 67.0 Å². The van der Waals surface area contributed by atoms with Crippen molar-refractivity contribution in [2.45, 2.75) is 38.3 Å². The van der Waals surface area contributed by atoms with Gasteiger partial charge in [-0.1, -0.05) is 6.07 Å². The number of hydrogen-bond donors (Lipinski definition) is 0. The normalized spacial score (nSPS) is 21.9. The average molecular weight is 368 g/mol. The molecule has 142 valence electrons. The standard InChI is InChI=1S/C19H24N6O2/c26-18(5-3-9-24-14-20-13-22-24)25-11-15-6-7-16(25)12-23(10-15)19(27)17-4-1-2-8-21-17/h1-2,4,8,13-16H,3,5-7,9-12H2/t15-,16+/m1/s1. The van der Waals surface area contributed by atoms with Gasteiger partial charge in [-0.05, 0) is 37.3 Å². The molecule has 0 aliphatic carbocycles. The van der Waals surface area contributed by atoms with Gasteiger partial charge in [0.15, 0.2) is 0 Å². The topological polar surface area (TPSA) is 84.2 Å². The number of piperidine rings is 1. The summed E-state index contributed by atoms with van der Waals surface area (Å²) in [6.45, 7) is 2.74. The maximum Gasteiger partial charge on any atom is 0.272 e. The fourth-order valence-electron chi connectivity index (χ4n) is 4.09. The van der Waals surface area contributed by atoms with Crippen molar-refractivity contribution in [1.29, 1.82) is 0 Å². The first-order chi connectivity index (χ1) is 13.2. The van der Waals surface area contributed by atoms with Crippen molar-refractivity contribution in [3.8, 4) is 0 Å². The zero-order valence-electron chi connectivity index (χ0n) is 15.3. The molecule has 2 aromatic rings. The minimum absolute atomic E-state index is 0.0343. The Kier molecular flexibility index (Phi) is 5.13. The molecule has 8 heteroatoms. The molecule has 0 spiro atoms. The number of hydrogen-bond acceptors (Lipinski definition) is 5. The molecule has 0 saturated carbocycles.